The van der Waals surface area contributed by atoms with Gasteiger partial charge in [0, 0.05) is 35.3 Å². The minimum atomic E-state index is -0.435. The summed E-state index contributed by atoms with van der Waals surface area (Å²) in [4.78, 5) is 41.3. The summed E-state index contributed by atoms with van der Waals surface area (Å²) >= 11 is 0. The maximum Gasteiger partial charge on any atom is 0.333 e. The minimum Gasteiger partial charge on any atom is -0.466 e. The number of aliphatic hydroxyl groups excluding tert-OH is 1. The van der Waals surface area contributed by atoms with Gasteiger partial charge in [0.25, 0.3) is 0 Å². The lowest BCUT2D eigenvalue weighted by atomic mass is 10.3. The summed E-state index contributed by atoms with van der Waals surface area (Å²) in [6.45, 7) is 21.2. The van der Waals surface area contributed by atoms with E-state index < -0.39 is 11.9 Å². The zero-order chi connectivity index (χ0) is 26.6. The summed E-state index contributed by atoms with van der Waals surface area (Å²) in [6, 6.07) is 0. The Kier molecular flexibility index (Phi) is 21.5. The topological polar surface area (TPSA) is 155 Å². The standard InChI is InChI=1S/C7H10O3.C7H12O3.C5H8O2.C4H7NO/c1-5(2)7(8)10-4-6-3-9-6;1-6(2)7(9)10-5-3-4-8;1-4(2)5(6)7-3;1-3(2)4(5)6/h6H,1,3-4H2,2H3;8H,1,3-5H2,2H3;1H2,2-3H3;1H2,2H3,(H2,5,6). The van der Waals surface area contributed by atoms with Crippen molar-refractivity contribution in [1.82, 2.24) is 0 Å². The van der Waals surface area contributed by atoms with Gasteiger partial charge in [-0.05, 0) is 27.7 Å². The van der Waals surface area contributed by atoms with Gasteiger partial charge in [-0.1, -0.05) is 26.3 Å². The van der Waals surface area contributed by atoms with E-state index in [4.69, 9.17) is 20.3 Å². The highest BCUT2D eigenvalue weighted by Crippen LogP contribution is 2.09. The van der Waals surface area contributed by atoms with E-state index in [1.165, 1.54) is 7.11 Å². The molecule has 1 unspecified atom stereocenters. The van der Waals surface area contributed by atoms with Gasteiger partial charge in [0.2, 0.25) is 5.91 Å². The summed E-state index contributed by atoms with van der Waals surface area (Å²) in [7, 11) is 1.33. The fourth-order valence-corrected chi connectivity index (χ4v) is 0.983. The first kappa shape index (κ1) is 34.4. The number of esters is 3. The maximum absolute atomic E-state index is 10.7. The average Bonchev–Trinajstić information content (AvgIpc) is 3.57. The molecule has 0 aromatic rings. The van der Waals surface area contributed by atoms with Crippen LogP contribution >= 0.6 is 0 Å². The maximum atomic E-state index is 10.7. The average molecular weight is 472 g/mol. The lowest BCUT2D eigenvalue weighted by Gasteiger charge is -2.00. The molecule has 188 valence electrons. The van der Waals surface area contributed by atoms with E-state index in [2.05, 4.69) is 35.8 Å². The smallest absolute Gasteiger partial charge is 0.333 e. The number of aliphatic hydroxyl groups is 1. The Morgan fingerprint density at radius 1 is 0.879 bits per heavy atom. The highest BCUT2D eigenvalue weighted by Gasteiger charge is 2.24. The van der Waals surface area contributed by atoms with Crippen LogP contribution in [-0.2, 0) is 38.1 Å². The number of rotatable bonds is 9. The Morgan fingerprint density at radius 2 is 1.27 bits per heavy atom. The highest BCUT2D eigenvalue weighted by molar-refractivity contribution is 5.90. The number of carbonyl (C=O) groups excluding carboxylic acids is 4. The normalized spacial score (nSPS) is 12.4. The molecule has 1 heterocycles. The molecular formula is C23H37NO9. The molecule has 1 saturated heterocycles. The Balaban J connectivity index is -0.000000373. The van der Waals surface area contributed by atoms with Crippen LogP contribution in [0.1, 0.15) is 34.1 Å². The van der Waals surface area contributed by atoms with Crippen LogP contribution in [-0.4, -0.2) is 68.6 Å². The Labute approximate surface area is 195 Å². The number of ether oxygens (including phenoxy) is 4. The molecule has 0 aliphatic carbocycles. The van der Waals surface area contributed by atoms with Crippen molar-refractivity contribution >= 4 is 23.8 Å². The van der Waals surface area contributed by atoms with Gasteiger partial charge in [0.1, 0.15) is 12.7 Å². The Morgan fingerprint density at radius 3 is 1.52 bits per heavy atom. The van der Waals surface area contributed by atoms with Crippen LogP contribution in [0, 0.1) is 0 Å². The van der Waals surface area contributed by atoms with Crippen LogP contribution in [0.15, 0.2) is 48.6 Å². The first-order valence-electron chi connectivity index (χ1n) is 9.77. The molecule has 1 aliphatic rings. The third kappa shape index (κ3) is 26.7. The molecule has 33 heavy (non-hydrogen) atoms. The molecule has 10 heteroatoms. The highest BCUT2D eigenvalue weighted by atomic mass is 16.6. The fraction of sp³-hybridized carbons (Fsp3) is 0.478. The van der Waals surface area contributed by atoms with Crippen molar-refractivity contribution < 1.29 is 43.2 Å². The van der Waals surface area contributed by atoms with E-state index in [1.54, 1.807) is 27.7 Å². The molecule has 3 N–H and O–H groups in total. The first-order valence-corrected chi connectivity index (χ1v) is 9.77. The molecule has 0 aromatic heterocycles. The van der Waals surface area contributed by atoms with E-state index in [9.17, 15) is 19.2 Å². The predicted molar refractivity (Wildman–Crippen MR) is 124 cm³/mol. The summed E-state index contributed by atoms with van der Waals surface area (Å²) in [6.07, 6.45) is 0.627. The molecule has 0 bridgehead atoms. The zero-order valence-corrected chi connectivity index (χ0v) is 20.2. The predicted octanol–water partition coefficient (Wildman–Crippen LogP) is 1.78. The van der Waals surface area contributed by atoms with Gasteiger partial charge >= 0.3 is 17.9 Å². The van der Waals surface area contributed by atoms with Gasteiger partial charge in [-0.3, -0.25) is 4.79 Å². The second-order valence-electron chi connectivity index (χ2n) is 6.74. The second kappa shape index (κ2) is 20.7. The Bertz CT molecular complexity index is 695. The molecular weight excluding hydrogens is 434 g/mol. The van der Waals surface area contributed by atoms with Crippen molar-refractivity contribution in [3.8, 4) is 0 Å². The van der Waals surface area contributed by atoms with Crippen molar-refractivity contribution in [2.75, 3.05) is 33.5 Å². The number of carbonyl (C=O) groups is 4. The van der Waals surface area contributed by atoms with Crippen LogP contribution in [0.25, 0.3) is 0 Å². The molecule has 1 fully saturated rings. The third-order valence-electron chi connectivity index (χ3n) is 2.99. The molecule has 1 amide bonds. The molecule has 0 aromatic carbocycles. The first-order chi connectivity index (χ1) is 15.2. The number of epoxide rings is 1. The monoisotopic (exact) mass is 471 g/mol. The molecule has 1 aliphatic heterocycles. The summed E-state index contributed by atoms with van der Waals surface area (Å²) in [5.41, 5.74) is 6.35. The van der Waals surface area contributed by atoms with Crippen molar-refractivity contribution in [2.45, 2.75) is 40.2 Å². The van der Waals surface area contributed by atoms with Gasteiger partial charge in [-0.2, -0.15) is 0 Å². The van der Waals surface area contributed by atoms with Crippen LogP contribution in [0.5, 0.6) is 0 Å². The fourth-order valence-electron chi connectivity index (χ4n) is 0.983. The van der Waals surface area contributed by atoms with Crippen LogP contribution in [0.4, 0.5) is 0 Å². The van der Waals surface area contributed by atoms with Gasteiger partial charge < -0.3 is 29.8 Å². The number of hydrogen-bond donors (Lipinski definition) is 2. The lowest BCUT2D eigenvalue weighted by Crippen LogP contribution is -2.10. The van der Waals surface area contributed by atoms with Crippen molar-refractivity contribution in [2.24, 2.45) is 5.73 Å². The van der Waals surface area contributed by atoms with Gasteiger partial charge in [0.15, 0.2) is 0 Å². The van der Waals surface area contributed by atoms with Gasteiger partial charge in [0.05, 0.1) is 20.3 Å². The van der Waals surface area contributed by atoms with E-state index in [-0.39, 0.29) is 31.3 Å². The number of amides is 1. The Hall–Kier alpha value is -3.24. The molecule has 0 saturated carbocycles. The number of nitrogens with two attached hydrogens (primary N) is 1. The van der Waals surface area contributed by atoms with E-state index in [1.807, 2.05) is 0 Å². The SMILES string of the molecule is C=C(C)C(=O)OC.C=C(C)C(=O)OCC1CO1.C=C(C)C(=O)OCCCO.C=C(C)C(N)=O. The number of primary amides is 1. The largest absolute Gasteiger partial charge is 0.466 e. The van der Waals surface area contributed by atoms with E-state index >= 15 is 0 Å². The van der Waals surface area contributed by atoms with Crippen LogP contribution in [0.3, 0.4) is 0 Å². The van der Waals surface area contributed by atoms with Crippen LogP contribution < -0.4 is 5.73 Å². The minimum absolute atomic E-state index is 0.0451. The summed E-state index contributed by atoms with van der Waals surface area (Å²) in [5.74, 6) is -1.51. The van der Waals surface area contributed by atoms with Gasteiger partial charge in [-0.15, -0.1) is 0 Å². The van der Waals surface area contributed by atoms with E-state index in [0.29, 0.717) is 41.9 Å². The quantitative estimate of drug-likeness (QED) is 0.168. The summed E-state index contributed by atoms with van der Waals surface area (Å²) in [5, 5.41) is 8.30. The lowest BCUT2D eigenvalue weighted by molar-refractivity contribution is -0.140. The molecule has 10 nitrogen and oxygen atoms in total. The second-order valence-corrected chi connectivity index (χ2v) is 6.74. The summed E-state index contributed by atoms with van der Waals surface area (Å²) < 4.78 is 18.5. The molecule has 0 radical (unpaired) electrons. The third-order valence-corrected chi connectivity index (χ3v) is 2.99. The number of methoxy groups -OCH3 is 1. The molecule has 1 atom stereocenters. The van der Waals surface area contributed by atoms with Crippen molar-refractivity contribution in [3.63, 3.8) is 0 Å². The van der Waals surface area contributed by atoms with E-state index in [0.717, 1.165) is 0 Å². The molecule has 0 spiro atoms. The molecule has 1 rings (SSSR count). The number of hydrogen-bond acceptors (Lipinski definition) is 9. The zero-order valence-electron chi connectivity index (χ0n) is 20.2. The van der Waals surface area contributed by atoms with Crippen molar-refractivity contribution in [1.29, 1.82) is 0 Å². The van der Waals surface area contributed by atoms with Crippen molar-refractivity contribution in [3.05, 3.63) is 48.6 Å². The van der Waals surface area contributed by atoms with Gasteiger partial charge in [-0.25, -0.2) is 14.4 Å². The van der Waals surface area contributed by atoms with Crippen LogP contribution in [0.2, 0.25) is 0 Å².